The van der Waals surface area contributed by atoms with Crippen LogP contribution in [0.2, 0.25) is 0 Å². The summed E-state index contributed by atoms with van der Waals surface area (Å²) in [4.78, 5) is 4.40. The molecule has 270 valence electrons. The predicted molar refractivity (Wildman–Crippen MR) is 223 cm³/mol. The Kier molecular flexibility index (Phi) is 16.2. The van der Waals surface area contributed by atoms with Crippen LogP contribution in [-0.4, -0.2) is 0 Å². The van der Waals surface area contributed by atoms with Crippen LogP contribution in [0.5, 0.6) is 0 Å². The van der Waals surface area contributed by atoms with Crippen molar-refractivity contribution in [2.45, 2.75) is 79.1 Å². The first-order valence-electron chi connectivity index (χ1n) is 17.6. The van der Waals surface area contributed by atoms with Crippen molar-refractivity contribution >= 4 is 55.6 Å². The fourth-order valence-electron chi connectivity index (χ4n) is 6.32. The maximum atomic E-state index is 4.70. The van der Waals surface area contributed by atoms with Crippen molar-refractivity contribution in [3.05, 3.63) is 169 Å². The minimum Gasteiger partial charge on any atom is -0.0622 e. The van der Waals surface area contributed by atoms with E-state index < -0.39 is 7.92 Å². The van der Waals surface area contributed by atoms with Crippen LogP contribution in [0.4, 0.5) is 11.4 Å². The number of rotatable bonds is 9. The van der Waals surface area contributed by atoms with Crippen molar-refractivity contribution in [3.63, 3.8) is 0 Å². The molecule has 0 N–H and O–H groups in total. The zero-order valence-corrected chi connectivity index (χ0v) is 34.4. The molecule has 0 aromatic heterocycles. The minimum atomic E-state index is -0.446. The number of para-hydroxylation sites is 2. The molecule has 51 heavy (non-hydrogen) atoms. The smallest absolute Gasteiger partial charge is 0.0134 e. The van der Waals surface area contributed by atoms with E-state index in [0.29, 0.717) is 36.3 Å². The van der Waals surface area contributed by atoms with Gasteiger partial charge in [0.05, 0.1) is 11.4 Å². The van der Waals surface area contributed by atoms with Crippen LogP contribution >= 0.6 is 28.3 Å². The molecule has 0 amide bonds. The first kappa shape index (κ1) is 40.7. The van der Waals surface area contributed by atoms with Gasteiger partial charge in [0, 0.05) is 12.4 Å². The van der Waals surface area contributed by atoms with Crippen molar-refractivity contribution in [3.8, 4) is 0 Å². The Morgan fingerprint density at radius 1 is 0.431 bits per heavy atom. The molecule has 1 heterocycles. The molecular formula is C45H51Cl2N2NiP. The summed E-state index contributed by atoms with van der Waals surface area (Å²) >= 11 is 0.569. The summed E-state index contributed by atoms with van der Waals surface area (Å²) in [5.41, 5.74) is 8.05. The average Bonchev–Trinajstić information content (AvgIpc) is 3.63. The normalized spacial score (nSPS) is 12.5. The maximum absolute atomic E-state index is 4.70. The second kappa shape index (κ2) is 20.3. The number of nitrogens with zero attached hydrogens (tertiary/aromatic N) is 2. The van der Waals surface area contributed by atoms with Crippen LogP contribution in [-0.2, 0) is 12.7 Å². The van der Waals surface area contributed by atoms with Crippen LogP contribution in [0.25, 0.3) is 0 Å². The van der Waals surface area contributed by atoms with Crippen LogP contribution in [0, 0.1) is 6.67 Å². The van der Waals surface area contributed by atoms with Gasteiger partial charge in [0.2, 0.25) is 6.67 Å². The van der Waals surface area contributed by atoms with E-state index in [-0.39, 0.29) is 0 Å². The van der Waals surface area contributed by atoms with E-state index in [0.717, 1.165) is 0 Å². The fourth-order valence-corrected chi connectivity index (χ4v) is 8.63. The summed E-state index contributed by atoms with van der Waals surface area (Å²) in [6.45, 7) is 21.8. The predicted octanol–water partition coefficient (Wildman–Crippen LogP) is 12.8. The summed E-state index contributed by atoms with van der Waals surface area (Å²) in [6.07, 6.45) is 4.32. The molecule has 6 heteroatoms. The van der Waals surface area contributed by atoms with Gasteiger partial charge in [0.15, 0.2) is 0 Å². The molecule has 0 bridgehead atoms. The minimum absolute atomic E-state index is 0.446. The Bertz CT molecular complexity index is 1580. The Balaban J connectivity index is 0.000000228. The summed E-state index contributed by atoms with van der Waals surface area (Å²) in [7, 11) is 8.96. The third-order valence-corrected chi connectivity index (χ3v) is 11.2. The zero-order valence-electron chi connectivity index (χ0n) is 31.0. The molecule has 2 radical (unpaired) electrons. The Hall–Kier alpha value is -3.06. The van der Waals surface area contributed by atoms with Crippen LogP contribution in [0.3, 0.4) is 0 Å². The van der Waals surface area contributed by atoms with E-state index in [1.807, 2.05) is 0 Å². The molecular weight excluding hydrogens is 729 g/mol. The zero-order chi connectivity index (χ0) is 36.9. The van der Waals surface area contributed by atoms with Crippen molar-refractivity contribution in [2.75, 3.05) is 9.80 Å². The molecule has 0 saturated carbocycles. The topological polar surface area (TPSA) is 6.48 Å². The Morgan fingerprint density at radius 3 is 0.922 bits per heavy atom. The van der Waals surface area contributed by atoms with Gasteiger partial charge in [-0.25, -0.2) is 0 Å². The third kappa shape index (κ3) is 10.7. The Morgan fingerprint density at radius 2 is 0.686 bits per heavy atom. The summed E-state index contributed by atoms with van der Waals surface area (Å²) < 4.78 is 0. The molecule has 0 atom stereocenters. The standard InChI is InChI=1S/C27H36N2.C18H15P.2ClH.Ni/c1-18(2)22-11-9-12-23(19(3)4)26(22)28-15-16-29(17-28)27-24(20(5)6)13-10-14-25(27)21(7)8;1-4-10-16(11-5-1)19(17-12-6-2-7-13-17)18-14-8-3-9-15-18;;;/h9-16,18-21H,1-8H3;1-15H;2*1H;/q;;;;+2/p-2. The number of halogens is 2. The van der Waals surface area contributed by atoms with E-state index in [2.05, 4.69) is 212 Å². The molecule has 6 rings (SSSR count). The quantitative estimate of drug-likeness (QED) is 0.109. The monoisotopic (exact) mass is 778 g/mol. The molecule has 2 nitrogen and oxygen atoms in total. The van der Waals surface area contributed by atoms with Gasteiger partial charge in [-0.3, -0.25) is 0 Å². The van der Waals surface area contributed by atoms with E-state index in [4.69, 9.17) is 20.4 Å². The summed E-state index contributed by atoms with van der Waals surface area (Å²) in [6, 6.07) is 45.7. The van der Waals surface area contributed by atoms with E-state index in [9.17, 15) is 0 Å². The first-order chi connectivity index (χ1) is 24.6. The molecule has 1 aliphatic rings. The first-order valence-corrected chi connectivity index (χ1v) is 21.7. The van der Waals surface area contributed by atoms with Crippen molar-refractivity contribution < 1.29 is 12.7 Å². The second-order valence-corrected chi connectivity index (χ2v) is 17.6. The number of hydrogen-bond acceptors (Lipinski definition) is 2. The molecule has 0 saturated heterocycles. The molecule has 0 spiro atoms. The summed E-state index contributed by atoms with van der Waals surface area (Å²) in [5.74, 6) is 1.84. The van der Waals surface area contributed by atoms with Crippen molar-refractivity contribution in [2.24, 2.45) is 0 Å². The Labute approximate surface area is 324 Å². The van der Waals surface area contributed by atoms with Gasteiger partial charge in [-0.05, 0) is 69.8 Å². The summed E-state index contributed by atoms with van der Waals surface area (Å²) in [5, 5.41) is 4.19. The number of benzene rings is 5. The van der Waals surface area contributed by atoms with Crippen molar-refractivity contribution in [1.82, 2.24) is 0 Å². The average molecular weight is 780 g/mol. The van der Waals surface area contributed by atoms with Crippen molar-refractivity contribution in [1.29, 1.82) is 0 Å². The van der Waals surface area contributed by atoms with Gasteiger partial charge >= 0.3 is 33.0 Å². The van der Waals surface area contributed by atoms with Crippen LogP contribution < -0.4 is 25.7 Å². The maximum Gasteiger partial charge on any atom is -0.0134 e. The molecule has 0 unspecified atom stereocenters. The van der Waals surface area contributed by atoms with Gasteiger partial charge in [-0.1, -0.05) is 183 Å². The molecule has 5 aromatic carbocycles. The largest absolute Gasteiger partial charge is 0.0622 e. The van der Waals surface area contributed by atoms with Gasteiger partial charge in [-0.2, -0.15) is 0 Å². The molecule has 0 aliphatic carbocycles. The van der Waals surface area contributed by atoms with Crippen LogP contribution in [0.15, 0.2) is 140 Å². The fraction of sp³-hybridized carbons (Fsp3) is 0.267. The van der Waals surface area contributed by atoms with E-state index in [1.54, 1.807) is 0 Å². The van der Waals surface area contributed by atoms with Gasteiger partial charge in [-0.15, -0.1) is 0 Å². The molecule has 5 aromatic rings. The van der Waals surface area contributed by atoms with Gasteiger partial charge in [0.25, 0.3) is 0 Å². The number of anilines is 2. The van der Waals surface area contributed by atoms with Crippen LogP contribution in [0.1, 0.15) is 101 Å². The van der Waals surface area contributed by atoms with E-state index >= 15 is 0 Å². The third-order valence-electron chi connectivity index (χ3n) is 8.79. The van der Waals surface area contributed by atoms with E-state index in [1.165, 1.54) is 49.5 Å². The van der Waals surface area contributed by atoms with Gasteiger partial charge in [0.1, 0.15) is 0 Å². The SMILES string of the molecule is CC(C)c1cccc(C(C)C)c1N1[C]N(c2c(C(C)C)cccc2C(C)C)C=C1.[Cl][Ni][Cl].c1ccc(P(c2ccccc2)c2ccccc2)cc1. The van der Waals surface area contributed by atoms with Gasteiger partial charge < -0.3 is 9.80 Å². The second-order valence-electron chi connectivity index (χ2n) is 13.7. The molecule has 1 aliphatic heterocycles. The number of hydrogen-bond donors (Lipinski definition) is 0. The molecule has 0 fully saturated rings.